The van der Waals surface area contributed by atoms with Crippen LogP contribution in [-0.2, 0) is 21.0 Å². The lowest BCUT2D eigenvalue weighted by atomic mass is 10.0. The van der Waals surface area contributed by atoms with Crippen LogP contribution >= 0.6 is 0 Å². The van der Waals surface area contributed by atoms with Crippen molar-refractivity contribution >= 4 is 5.97 Å². The maximum atomic E-state index is 11.6. The van der Waals surface area contributed by atoms with E-state index in [4.69, 9.17) is 9.57 Å². The predicted octanol–water partition coefficient (Wildman–Crippen LogP) is 1.39. The van der Waals surface area contributed by atoms with Crippen LogP contribution in [0.4, 0.5) is 0 Å². The Morgan fingerprint density at radius 2 is 2.15 bits per heavy atom. The van der Waals surface area contributed by atoms with Crippen LogP contribution in [0, 0.1) is 0 Å². The van der Waals surface area contributed by atoms with Gasteiger partial charge in [-0.05, 0) is 25.3 Å². The van der Waals surface area contributed by atoms with E-state index in [1.165, 1.54) is 0 Å². The number of rotatable bonds is 6. The van der Waals surface area contributed by atoms with Crippen molar-refractivity contribution in [2.75, 3.05) is 13.2 Å². The van der Waals surface area contributed by atoms with E-state index in [0.717, 1.165) is 18.4 Å². The molecule has 0 aliphatic carbocycles. The summed E-state index contributed by atoms with van der Waals surface area (Å²) >= 11 is 0. The van der Waals surface area contributed by atoms with Gasteiger partial charge in [0.25, 0.3) is 0 Å². The molecule has 110 valence electrons. The number of carbonyl (C=O) groups is 1. The molecular formula is C15H22N2O3. The molecule has 2 rings (SSSR count). The Balaban J connectivity index is 1.63. The summed E-state index contributed by atoms with van der Waals surface area (Å²) in [5.41, 5.74) is 4.18. The highest BCUT2D eigenvalue weighted by Crippen LogP contribution is 2.10. The van der Waals surface area contributed by atoms with E-state index >= 15 is 0 Å². The first-order valence-electron chi connectivity index (χ1n) is 7.11. The van der Waals surface area contributed by atoms with Gasteiger partial charge in [0.15, 0.2) is 0 Å². The standard InChI is InChI=1S/C15H22N2O3/c1-2-19-15(18)14-9-8-13(10-16-14)17-20-11-12-6-4-3-5-7-12/h3-7,13-14,16-17H,2,8-11H2,1H3/t13-,14-/m0/s1. The summed E-state index contributed by atoms with van der Waals surface area (Å²) < 4.78 is 5.00. The zero-order chi connectivity index (χ0) is 14.2. The molecular weight excluding hydrogens is 256 g/mol. The SMILES string of the molecule is CCOC(=O)[C@@H]1CC[C@H](NOCc2ccccc2)CN1. The minimum Gasteiger partial charge on any atom is -0.465 e. The second-order valence-electron chi connectivity index (χ2n) is 4.88. The molecule has 0 unspecified atom stereocenters. The fourth-order valence-corrected chi connectivity index (χ4v) is 2.22. The lowest BCUT2D eigenvalue weighted by Crippen LogP contribution is -2.51. The third kappa shape index (κ3) is 4.59. The van der Waals surface area contributed by atoms with Gasteiger partial charge in [-0.1, -0.05) is 30.3 Å². The number of ether oxygens (including phenoxy) is 1. The number of hydrogen-bond donors (Lipinski definition) is 2. The summed E-state index contributed by atoms with van der Waals surface area (Å²) in [7, 11) is 0. The van der Waals surface area contributed by atoms with Crippen LogP contribution < -0.4 is 10.8 Å². The summed E-state index contributed by atoms with van der Waals surface area (Å²) in [5, 5.41) is 3.19. The second-order valence-corrected chi connectivity index (χ2v) is 4.88. The van der Waals surface area contributed by atoms with E-state index in [9.17, 15) is 4.79 Å². The summed E-state index contributed by atoms with van der Waals surface area (Å²) in [6, 6.07) is 10.1. The molecule has 0 bridgehead atoms. The minimum absolute atomic E-state index is 0.156. The monoisotopic (exact) mass is 278 g/mol. The first kappa shape index (κ1) is 15.0. The van der Waals surface area contributed by atoms with Crippen molar-refractivity contribution in [3.8, 4) is 0 Å². The highest BCUT2D eigenvalue weighted by Gasteiger charge is 2.26. The number of nitrogens with one attached hydrogen (secondary N) is 2. The predicted molar refractivity (Wildman–Crippen MR) is 75.8 cm³/mol. The van der Waals surface area contributed by atoms with Gasteiger partial charge in [0.2, 0.25) is 0 Å². The number of benzene rings is 1. The Bertz CT molecular complexity index is 403. The van der Waals surface area contributed by atoms with E-state index in [1.807, 2.05) is 37.3 Å². The number of carbonyl (C=O) groups excluding carboxylic acids is 1. The molecule has 1 aliphatic heterocycles. The number of esters is 1. The Morgan fingerprint density at radius 1 is 1.35 bits per heavy atom. The molecule has 2 N–H and O–H groups in total. The zero-order valence-electron chi connectivity index (χ0n) is 11.8. The van der Waals surface area contributed by atoms with Crippen molar-refractivity contribution in [3.05, 3.63) is 35.9 Å². The van der Waals surface area contributed by atoms with Crippen molar-refractivity contribution < 1.29 is 14.4 Å². The maximum Gasteiger partial charge on any atom is 0.323 e. The van der Waals surface area contributed by atoms with Crippen molar-refractivity contribution in [2.45, 2.75) is 38.5 Å². The molecule has 0 radical (unpaired) electrons. The largest absolute Gasteiger partial charge is 0.465 e. The van der Waals surface area contributed by atoms with Crippen LogP contribution in [0.25, 0.3) is 0 Å². The molecule has 1 aliphatic rings. The molecule has 0 spiro atoms. The van der Waals surface area contributed by atoms with Gasteiger partial charge >= 0.3 is 5.97 Å². The molecule has 2 atom stereocenters. The van der Waals surface area contributed by atoms with E-state index in [0.29, 0.717) is 19.8 Å². The molecule has 1 fully saturated rings. The van der Waals surface area contributed by atoms with Gasteiger partial charge in [0.05, 0.1) is 13.2 Å². The number of piperidine rings is 1. The third-order valence-corrected chi connectivity index (χ3v) is 3.32. The summed E-state index contributed by atoms with van der Waals surface area (Å²) in [6.07, 6.45) is 1.66. The van der Waals surface area contributed by atoms with Crippen molar-refractivity contribution in [2.24, 2.45) is 0 Å². The average Bonchev–Trinajstić information content (AvgIpc) is 2.49. The van der Waals surface area contributed by atoms with E-state index in [1.54, 1.807) is 0 Å². The van der Waals surface area contributed by atoms with Gasteiger partial charge in [0, 0.05) is 12.6 Å². The Morgan fingerprint density at radius 3 is 2.80 bits per heavy atom. The minimum atomic E-state index is -0.179. The molecule has 1 aromatic carbocycles. The van der Waals surface area contributed by atoms with Crippen LogP contribution in [-0.4, -0.2) is 31.2 Å². The van der Waals surface area contributed by atoms with Gasteiger partial charge in [-0.2, -0.15) is 5.48 Å². The van der Waals surface area contributed by atoms with Crippen LogP contribution in [0.2, 0.25) is 0 Å². The number of hydroxylamine groups is 1. The van der Waals surface area contributed by atoms with E-state index < -0.39 is 0 Å². The molecule has 0 aromatic heterocycles. The van der Waals surface area contributed by atoms with Crippen molar-refractivity contribution in [1.82, 2.24) is 10.8 Å². The lowest BCUT2D eigenvalue weighted by molar-refractivity contribution is -0.146. The van der Waals surface area contributed by atoms with Crippen LogP contribution in [0.3, 0.4) is 0 Å². The molecule has 1 saturated heterocycles. The molecule has 5 heteroatoms. The van der Waals surface area contributed by atoms with Crippen LogP contribution in [0.15, 0.2) is 30.3 Å². The summed E-state index contributed by atoms with van der Waals surface area (Å²) in [5.74, 6) is -0.156. The zero-order valence-corrected chi connectivity index (χ0v) is 11.8. The lowest BCUT2D eigenvalue weighted by Gasteiger charge is -2.28. The van der Waals surface area contributed by atoms with Crippen molar-refractivity contribution in [3.63, 3.8) is 0 Å². The number of hydrogen-bond acceptors (Lipinski definition) is 5. The van der Waals surface area contributed by atoms with Gasteiger partial charge in [-0.15, -0.1) is 0 Å². The highest BCUT2D eigenvalue weighted by atomic mass is 16.6. The molecule has 0 amide bonds. The van der Waals surface area contributed by atoms with Gasteiger partial charge in [0.1, 0.15) is 6.04 Å². The van der Waals surface area contributed by atoms with E-state index in [-0.39, 0.29) is 18.1 Å². The molecule has 5 nitrogen and oxygen atoms in total. The fourth-order valence-electron chi connectivity index (χ4n) is 2.22. The quantitative estimate of drug-likeness (QED) is 0.608. The normalized spacial score (nSPS) is 22.4. The summed E-state index contributed by atoms with van der Waals surface area (Å²) in [6.45, 7) is 3.50. The first-order chi connectivity index (χ1) is 9.79. The Hall–Kier alpha value is -1.43. The van der Waals surface area contributed by atoms with Gasteiger partial charge in [-0.25, -0.2) is 0 Å². The van der Waals surface area contributed by atoms with Gasteiger partial charge in [-0.3, -0.25) is 9.63 Å². The highest BCUT2D eigenvalue weighted by molar-refractivity contribution is 5.75. The topological polar surface area (TPSA) is 59.6 Å². The Kier molecular flexibility index (Phi) is 5.98. The van der Waals surface area contributed by atoms with Crippen LogP contribution in [0.5, 0.6) is 0 Å². The third-order valence-electron chi connectivity index (χ3n) is 3.32. The molecule has 0 saturated carbocycles. The van der Waals surface area contributed by atoms with Crippen molar-refractivity contribution in [1.29, 1.82) is 0 Å². The van der Waals surface area contributed by atoms with Gasteiger partial charge < -0.3 is 10.1 Å². The second kappa shape index (κ2) is 7.99. The first-order valence-corrected chi connectivity index (χ1v) is 7.11. The molecule has 1 heterocycles. The Labute approximate surface area is 119 Å². The molecule has 1 aromatic rings. The van der Waals surface area contributed by atoms with E-state index in [2.05, 4.69) is 10.8 Å². The summed E-state index contributed by atoms with van der Waals surface area (Å²) in [4.78, 5) is 17.1. The fraction of sp³-hybridized carbons (Fsp3) is 0.533. The van der Waals surface area contributed by atoms with Crippen LogP contribution in [0.1, 0.15) is 25.3 Å². The average molecular weight is 278 g/mol. The maximum absolute atomic E-state index is 11.6. The smallest absolute Gasteiger partial charge is 0.323 e. The molecule has 20 heavy (non-hydrogen) atoms.